The molecule has 1 amide bonds. The van der Waals surface area contributed by atoms with Gasteiger partial charge in [0.2, 0.25) is 0 Å². The van der Waals surface area contributed by atoms with Gasteiger partial charge >= 0.3 is 5.97 Å². The molecule has 0 spiro atoms. The van der Waals surface area contributed by atoms with Crippen molar-refractivity contribution in [2.45, 2.75) is 12.5 Å². The van der Waals surface area contributed by atoms with Gasteiger partial charge in [-0.05, 0) is 23.8 Å². The molecular weight excluding hydrogens is 378 g/mol. The van der Waals surface area contributed by atoms with Crippen LogP contribution in [0.4, 0.5) is 0 Å². The number of aryl methyl sites for hydroxylation is 1. The number of ether oxygens (including phenoxy) is 1. The molecule has 1 heterocycles. The monoisotopic (exact) mass is 397 g/mol. The number of hydrogen-bond donors (Lipinski definition) is 1. The lowest BCUT2D eigenvalue weighted by molar-refractivity contribution is -0.142. The number of methoxy groups -OCH3 is 1. The molecule has 0 saturated carbocycles. The third kappa shape index (κ3) is 4.58. The average Bonchev–Trinajstić information content (AvgIpc) is 3.10. The van der Waals surface area contributed by atoms with E-state index >= 15 is 0 Å². The number of nitrogens with one attached hydrogen (secondary N) is 1. The molecule has 0 radical (unpaired) electrons. The summed E-state index contributed by atoms with van der Waals surface area (Å²) in [5.74, 6) is -0.904. The minimum atomic E-state index is -0.797. The summed E-state index contributed by atoms with van der Waals surface area (Å²) in [5, 5.41) is 7.76. The van der Waals surface area contributed by atoms with E-state index < -0.39 is 17.9 Å². The Kier molecular flexibility index (Phi) is 6.11. The first-order chi connectivity index (χ1) is 13.5. The SMILES string of the molecule is COC(=O)[C@@H](Cc1ccccc1)NC(=O)c1cc(-c2ccc(Cl)cc2)nn1C. The molecule has 0 fully saturated rings. The highest BCUT2D eigenvalue weighted by Gasteiger charge is 2.24. The van der Waals surface area contributed by atoms with Gasteiger partial charge in [-0.2, -0.15) is 5.10 Å². The van der Waals surface area contributed by atoms with Crippen LogP contribution in [0, 0.1) is 0 Å². The lowest BCUT2D eigenvalue weighted by atomic mass is 10.1. The molecule has 6 nitrogen and oxygen atoms in total. The summed E-state index contributed by atoms with van der Waals surface area (Å²) in [4.78, 5) is 24.9. The summed E-state index contributed by atoms with van der Waals surface area (Å²) in [6, 6.07) is 17.5. The Hall–Kier alpha value is -3.12. The van der Waals surface area contributed by atoms with Crippen LogP contribution in [0.15, 0.2) is 60.7 Å². The fourth-order valence-electron chi connectivity index (χ4n) is 2.86. The van der Waals surface area contributed by atoms with Crippen molar-refractivity contribution in [3.05, 3.63) is 76.9 Å². The maximum absolute atomic E-state index is 12.8. The molecule has 3 rings (SSSR count). The molecule has 0 unspecified atom stereocenters. The second-order valence-corrected chi connectivity index (χ2v) is 6.72. The Morgan fingerprint density at radius 1 is 1.14 bits per heavy atom. The lowest BCUT2D eigenvalue weighted by Gasteiger charge is -2.16. The zero-order valence-electron chi connectivity index (χ0n) is 15.6. The number of halogens is 1. The number of benzene rings is 2. The van der Waals surface area contributed by atoms with Gasteiger partial charge in [0.05, 0.1) is 12.8 Å². The molecule has 1 aromatic heterocycles. The summed E-state index contributed by atoms with van der Waals surface area (Å²) < 4.78 is 6.33. The van der Waals surface area contributed by atoms with Crippen LogP contribution in [0.1, 0.15) is 16.1 Å². The maximum Gasteiger partial charge on any atom is 0.328 e. The van der Waals surface area contributed by atoms with Gasteiger partial charge in [0.1, 0.15) is 11.7 Å². The van der Waals surface area contributed by atoms with E-state index in [0.29, 0.717) is 22.8 Å². The van der Waals surface area contributed by atoms with E-state index in [4.69, 9.17) is 16.3 Å². The number of hydrogen-bond acceptors (Lipinski definition) is 4. The number of rotatable bonds is 6. The van der Waals surface area contributed by atoms with Crippen molar-refractivity contribution in [1.29, 1.82) is 0 Å². The minimum absolute atomic E-state index is 0.334. The second-order valence-electron chi connectivity index (χ2n) is 6.28. The Morgan fingerprint density at radius 2 is 1.82 bits per heavy atom. The quantitative estimate of drug-likeness (QED) is 0.648. The smallest absolute Gasteiger partial charge is 0.328 e. The third-order valence-electron chi connectivity index (χ3n) is 4.33. The van der Waals surface area contributed by atoms with Crippen LogP contribution >= 0.6 is 11.6 Å². The van der Waals surface area contributed by atoms with E-state index in [0.717, 1.165) is 11.1 Å². The van der Waals surface area contributed by atoms with E-state index in [-0.39, 0.29) is 0 Å². The van der Waals surface area contributed by atoms with E-state index in [2.05, 4.69) is 10.4 Å². The fraction of sp³-hybridized carbons (Fsp3) is 0.190. The Bertz CT molecular complexity index is 968. The Balaban J connectivity index is 1.80. The van der Waals surface area contributed by atoms with E-state index in [1.54, 1.807) is 25.2 Å². The standard InChI is InChI=1S/C21H20ClN3O3/c1-25-19(13-17(24-25)15-8-10-16(22)11-9-15)20(26)23-18(21(27)28-2)12-14-6-4-3-5-7-14/h3-11,13,18H,12H2,1-2H3,(H,23,26)/t18-/m1/s1. The minimum Gasteiger partial charge on any atom is -0.467 e. The van der Waals surface area contributed by atoms with Crippen molar-refractivity contribution in [3.8, 4) is 11.3 Å². The van der Waals surface area contributed by atoms with Crippen LogP contribution in [-0.4, -0.2) is 34.8 Å². The van der Waals surface area contributed by atoms with Crippen LogP contribution in [0.5, 0.6) is 0 Å². The summed E-state index contributed by atoms with van der Waals surface area (Å²) in [6.07, 6.45) is 0.334. The molecule has 0 aliphatic carbocycles. The number of carbonyl (C=O) groups excluding carboxylic acids is 2. The Morgan fingerprint density at radius 3 is 2.46 bits per heavy atom. The molecule has 1 N–H and O–H groups in total. The number of aromatic nitrogens is 2. The molecule has 144 valence electrons. The van der Waals surface area contributed by atoms with Gasteiger partial charge in [0, 0.05) is 24.1 Å². The van der Waals surface area contributed by atoms with Crippen molar-refractivity contribution in [1.82, 2.24) is 15.1 Å². The van der Waals surface area contributed by atoms with Crippen LogP contribution in [-0.2, 0) is 23.0 Å². The summed E-state index contributed by atoms with van der Waals surface area (Å²) >= 11 is 5.92. The van der Waals surface area contributed by atoms with Gasteiger partial charge in [-0.25, -0.2) is 4.79 Å². The lowest BCUT2D eigenvalue weighted by Crippen LogP contribution is -2.43. The summed E-state index contributed by atoms with van der Waals surface area (Å²) in [5.41, 5.74) is 2.74. The van der Waals surface area contributed by atoms with Crippen LogP contribution in [0.3, 0.4) is 0 Å². The van der Waals surface area contributed by atoms with Gasteiger partial charge in [0.25, 0.3) is 5.91 Å². The third-order valence-corrected chi connectivity index (χ3v) is 4.58. The first-order valence-corrected chi connectivity index (χ1v) is 9.08. The van der Waals surface area contributed by atoms with Crippen LogP contribution < -0.4 is 5.32 Å². The Labute approximate surface area is 168 Å². The topological polar surface area (TPSA) is 73.2 Å². The maximum atomic E-state index is 12.8. The molecule has 1 atom stereocenters. The van der Waals surface area contributed by atoms with Crippen molar-refractivity contribution in [3.63, 3.8) is 0 Å². The summed E-state index contributed by atoms with van der Waals surface area (Å²) in [6.45, 7) is 0. The first-order valence-electron chi connectivity index (χ1n) is 8.70. The molecule has 28 heavy (non-hydrogen) atoms. The van der Waals surface area contributed by atoms with Crippen molar-refractivity contribution >= 4 is 23.5 Å². The first kappa shape index (κ1) is 19.6. The zero-order chi connectivity index (χ0) is 20.1. The molecule has 7 heteroatoms. The van der Waals surface area contributed by atoms with Gasteiger partial charge in [-0.15, -0.1) is 0 Å². The van der Waals surface area contributed by atoms with Gasteiger partial charge in [0.15, 0.2) is 0 Å². The van der Waals surface area contributed by atoms with E-state index in [1.807, 2.05) is 42.5 Å². The predicted octanol–water partition coefficient (Wildman–Crippen LogP) is 3.25. The average molecular weight is 398 g/mol. The molecule has 0 saturated heterocycles. The van der Waals surface area contributed by atoms with Gasteiger partial charge < -0.3 is 10.1 Å². The van der Waals surface area contributed by atoms with Crippen LogP contribution in [0.25, 0.3) is 11.3 Å². The number of carbonyl (C=O) groups is 2. The number of esters is 1. The van der Waals surface area contributed by atoms with Crippen molar-refractivity contribution < 1.29 is 14.3 Å². The largest absolute Gasteiger partial charge is 0.467 e. The predicted molar refractivity (Wildman–Crippen MR) is 107 cm³/mol. The van der Waals surface area contributed by atoms with E-state index in [1.165, 1.54) is 11.8 Å². The molecule has 2 aromatic carbocycles. The highest BCUT2D eigenvalue weighted by Crippen LogP contribution is 2.21. The van der Waals surface area contributed by atoms with Crippen molar-refractivity contribution in [2.75, 3.05) is 7.11 Å². The molecule has 0 aliphatic rings. The van der Waals surface area contributed by atoms with Crippen LogP contribution in [0.2, 0.25) is 5.02 Å². The molecule has 3 aromatic rings. The fourth-order valence-corrected chi connectivity index (χ4v) is 2.98. The summed E-state index contributed by atoms with van der Waals surface area (Å²) in [7, 11) is 2.98. The van der Waals surface area contributed by atoms with E-state index in [9.17, 15) is 9.59 Å². The number of nitrogens with zero attached hydrogens (tertiary/aromatic N) is 2. The molecule has 0 aliphatic heterocycles. The molecule has 0 bridgehead atoms. The number of amides is 1. The van der Waals surface area contributed by atoms with Crippen molar-refractivity contribution in [2.24, 2.45) is 7.05 Å². The second kappa shape index (κ2) is 8.71. The zero-order valence-corrected chi connectivity index (χ0v) is 16.3. The highest BCUT2D eigenvalue weighted by atomic mass is 35.5. The molecular formula is C21H20ClN3O3. The van der Waals surface area contributed by atoms with Gasteiger partial charge in [-0.3, -0.25) is 9.48 Å². The highest BCUT2D eigenvalue weighted by molar-refractivity contribution is 6.30. The van der Waals surface area contributed by atoms with Gasteiger partial charge in [-0.1, -0.05) is 54.1 Å². The normalized spacial score (nSPS) is 11.7.